The summed E-state index contributed by atoms with van der Waals surface area (Å²) >= 11 is 1.84. The molecule has 0 saturated carbocycles. The number of thiazole rings is 1. The molecule has 0 spiro atoms. The molecule has 1 saturated heterocycles. The lowest BCUT2D eigenvalue weighted by Gasteiger charge is -2.29. The molecule has 102 valence electrons. The highest BCUT2D eigenvalue weighted by Gasteiger charge is 2.12. The minimum atomic E-state index is 0.674. The van der Waals surface area contributed by atoms with Gasteiger partial charge in [-0.2, -0.15) is 0 Å². The van der Waals surface area contributed by atoms with Gasteiger partial charge in [-0.05, 0) is 24.1 Å². The van der Waals surface area contributed by atoms with E-state index < -0.39 is 0 Å². The van der Waals surface area contributed by atoms with E-state index in [0.29, 0.717) is 5.92 Å². The Balaban J connectivity index is 1.87. The van der Waals surface area contributed by atoms with Crippen LogP contribution in [0.25, 0.3) is 10.2 Å². The van der Waals surface area contributed by atoms with Crippen LogP contribution in [-0.4, -0.2) is 31.2 Å². The Kier molecular flexibility index (Phi) is 3.71. The molecule has 1 aliphatic rings. The van der Waals surface area contributed by atoms with Gasteiger partial charge in [0.05, 0.1) is 15.2 Å². The molecular formula is C15H21N3S. The van der Waals surface area contributed by atoms with E-state index in [4.69, 9.17) is 4.98 Å². The van der Waals surface area contributed by atoms with Gasteiger partial charge in [0.2, 0.25) is 0 Å². The quantitative estimate of drug-likeness (QED) is 0.933. The van der Waals surface area contributed by atoms with Gasteiger partial charge in [-0.3, -0.25) is 0 Å². The molecule has 1 aromatic heterocycles. The van der Waals surface area contributed by atoms with Gasteiger partial charge < -0.3 is 10.2 Å². The molecule has 1 aliphatic heterocycles. The van der Waals surface area contributed by atoms with Crippen LogP contribution in [0.1, 0.15) is 18.9 Å². The largest absolute Gasteiger partial charge is 0.369 e. The van der Waals surface area contributed by atoms with Crippen molar-refractivity contribution in [2.24, 2.45) is 5.92 Å². The monoisotopic (exact) mass is 275 g/mol. The fourth-order valence-corrected chi connectivity index (χ4v) is 3.68. The lowest BCUT2D eigenvalue weighted by Crippen LogP contribution is -2.43. The van der Waals surface area contributed by atoms with Gasteiger partial charge >= 0.3 is 0 Å². The number of aromatic nitrogens is 1. The average molecular weight is 275 g/mol. The van der Waals surface area contributed by atoms with Crippen molar-refractivity contribution in [2.45, 2.75) is 20.3 Å². The molecule has 1 N–H and O–H groups in total. The number of anilines is 1. The van der Waals surface area contributed by atoms with Crippen LogP contribution in [0.3, 0.4) is 0 Å². The van der Waals surface area contributed by atoms with Crippen molar-refractivity contribution in [3.05, 3.63) is 23.2 Å². The van der Waals surface area contributed by atoms with Crippen molar-refractivity contribution < 1.29 is 0 Å². The predicted octanol–water partition coefficient (Wildman–Crippen LogP) is 2.90. The molecular weight excluding hydrogens is 254 g/mol. The van der Waals surface area contributed by atoms with Gasteiger partial charge in [0.15, 0.2) is 0 Å². The van der Waals surface area contributed by atoms with Crippen molar-refractivity contribution in [1.82, 2.24) is 10.3 Å². The first-order valence-electron chi connectivity index (χ1n) is 7.07. The molecule has 1 fully saturated rings. The third-order valence-corrected chi connectivity index (χ3v) is 4.54. The van der Waals surface area contributed by atoms with E-state index in [1.165, 1.54) is 15.4 Å². The highest BCUT2D eigenvalue weighted by Crippen LogP contribution is 2.28. The summed E-state index contributed by atoms with van der Waals surface area (Å²) in [5.74, 6) is 0.674. The zero-order valence-electron chi connectivity index (χ0n) is 11.6. The van der Waals surface area contributed by atoms with Crippen LogP contribution in [0, 0.1) is 5.92 Å². The fraction of sp³-hybridized carbons (Fsp3) is 0.533. The number of benzene rings is 1. The van der Waals surface area contributed by atoms with E-state index in [1.54, 1.807) is 0 Å². The Bertz CT molecular complexity index is 556. The lowest BCUT2D eigenvalue weighted by atomic mass is 10.1. The Labute approximate surface area is 118 Å². The molecule has 4 heteroatoms. The third-order valence-electron chi connectivity index (χ3n) is 3.48. The maximum Gasteiger partial charge on any atom is 0.0941 e. The minimum Gasteiger partial charge on any atom is -0.369 e. The summed E-state index contributed by atoms with van der Waals surface area (Å²) < 4.78 is 1.31. The summed E-state index contributed by atoms with van der Waals surface area (Å²) in [6.45, 7) is 8.83. The first-order valence-corrected chi connectivity index (χ1v) is 7.89. The topological polar surface area (TPSA) is 28.2 Å². The maximum absolute atomic E-state index is 4.78. The van der Waals surface area contributed by atoms with E-state index in [1.807, 2.05) is 11.3 Å². The summed E-state index contributed by atoms with van der Waals surface area (Å²) in [5, 5.41) is 4.66. The molecule has 0 atom stereocenters. The molecule has 0 unspecified atom stereocenters. The van der Waals surface area contributed by atoms with Crippen molar-refractivity contribution in [2.75, 3.05) is 31.1 Å². The number of hydrogen-bond acceptors (Lipinski definition) is 4. The average Bonchev–Trinajstić information content (AvgIpc) is 2.79. The maximum atomic E-state index is 4.78. The predicted molar refractivity (Wildman–Crippen MR) is 83.2 cm³/mol. The van der Waals surface area contributed by atoms with Crippen molar-refractivity contribution in [3.63, 3.8) is 0 Å². The molecule has 3 nitrogen and oxygen atoms in total. The second-order valence-corrected chi connectivity index (χ2v) is 6.71. The zero-order chi connectivity index (χ0) is 13.2. The number of piperazine rings is 1. The Morgan fingerprint density at radius 2 is 2.11 bits per heavy atom. The first-order chi connectivity index (χ1) is 9.22. The van der Waals surface area contributed by atoms with Crippen molar-refractivity contribution in [1.29, 1.82) is 0 Å². The molecule has 2 heterocycles. The summed E-state index contributed by atoms with van der Waals surface area (Å²) in [7, 11) is 0. The van der Waals surface area contributed by atoms with Crippen LogP contribution in [0.2, 0.25) is 0 Å². The number of nitrogens with zero attached hydrogens (tertiary/aromatic N) is 2. The van der Waals surface area contributed by atoms with Gasteiger partial charge in [0, 0.05) is 38.3 Å². The summed E-state index contributed by atoms with van der Waals surface area (Å²) in [6, 6.07) is 6.72. The van der Waals surface area contributed by atoms with E-state index >= 15 is 0 Å². The Hall–Kier alpha value is -1.13. The number of rotatable bonds is 3. The van der Waals surface area contributed by atoms with Gasteiger partial charge in [0.1, 0.15) is 0 Å². The second kappa shape index (κ2) is 5.47. The van der Waals surface area contributed by atoms with E-state index in [0.717, 1.165) is 38.1 Å². The second-order valence-electron chi connectivity index (χ2n) is 5.59. The fourth-order valence-electron chi connectivity index (χ4n) is 2.52. The summed E-state index contributed by atoms with van der Waals surface area (Å²) in [4.78, 5) is 7.23. The lowest BCUT2D eigenvalue weighted by molar-refractivity contribution is 0.589. The zero-order valence-corrected chi connectivity index (χ0v) is 12.5. The van der Waals surface area contributed by atoms with Gasteiger partial charge in [-0.25, -0.2) is 4.98 Å². The third kappa shape index (κ3) is 2.90. The smallest absolute Gasteiger partial charge is 0.0941 e. The van der Waals surface area contributed by atoms with Gasteiger partial charge in [0.25, 0.3) is 0 Å². The first kappa shape index (κ1) is 12.9. The van der Waals surface area contributed by atoms with Crippen LogP contribution >= 0.6 is 11.3 Å². The number of fused-ring (bicyclic) bond motifs is 1. The molecule has 0 bridgehead atoms. The molecule has 0 radical (unpaired) electrons. The van der Waals surface area contributed by atoms with E-state index in [-0.39, 0.29) is 0 Å². The molecule has 2 aromatic rings. The Morgan fingerprint density at radius 1 is 1.32 bits per heavy atom. The Morgan fingerprint density at radius 3 is 2.84 bits per heavy atom. The highest BCUT2D eigenvalue weighted by atomic mass is 32.1. The van der Waals surface area contributed by atoms with Crippen LogP contribution < -0.4 is 10.2 Å². The van der Waals surface area contributed by atoms with Crippen LogP contribution in [-0.2, 0) is 6.42 Å². The molecule has 0 amide bonds. The van der Waals surface area contributed by atoms with E-state index in [9.17, 15) is 0 Å². The number of nitrogens with one attached hydrogen (secondary N) is 1. The standard InChI is InChI=1S/C15H21N3S/c1-11(2)9-15-17-13-10-12(3-4-14(13)19-15)18-7-5-16-6-8-18/h3-4,10-11,16H,5-9H2,1-2H3. The van der Waals surface area contributed by atoms with Crippen molar-refractivity contribution in [3.8, 4) is 0 Å². The van der Waals surface area contributed by atoms with E-state index in [2.05, 4.69) is 42.3 Å². The van der Waals surface area contributed by atoms with Crippen LogP contribution in [0.4, 0.5) is 5.69 Å². The molecule has 19 heavy (non-hydrogen) atoms. The van der Waals surface area contributed by atoms with Crippen LogP contribution in [0.5, 0.6) is 0 Å². The molecule has 3 rings (SSSR count). The highest BCUT2D eigenvalue weighted by molar-refractivity contribution is 7.18. The summed E-state index contributed by atoms with van der Waals surface area (Å²) in [6.07, 6.45) is 1.09. The normalized spacial score (nSPS) is 16.5. The SMILES string of the molecule is CC(C)Cc1nc2cc(N3CCNCC3)ccc2s1. The summed E-state index contributed by atoms with van der Waals surface area (Å²) in [5.41, 5.74) is 2.48. The number of hydrogen-bond donors (Lipinski definition) is 1. The van der Waals surface area contributed by atoms with Crippen LogP contribution in [0.15, 0.2) is 18.2 Å². The van der Waals surface area contributed by atoms with Gasteiger partial charge in [-0.15, -0.1) is 11.3 Å². The minimum absolute atomic E-state index is 0.674. The molecule has 1 aromatic carbocycles. The van der Waals surface area contributed by atoms with Crippen molar-refractivity contribution >= 4 is 27.2 Å². The molecule has 0 aliphatic carbocycles. The van der Waals surface area contributed by atoms with Gasteiger partial charge in [-0.1, -0.05) is 13.8 Å².